The molecule has 0 aromatic heterocycles. The standard InChI is InChI=1S/C17H25NO3/c1-13(2)21-16-7-5-4-6-15(16)10-14-11-17(19)18(12-14)8-9-20-3/h4-7,13-14H,8-12H2,1-3H3. The van der Waals surface area contributed by atoms with Gasteiger partial charge < -0.3 is 14.4 Å². The van der Waals surface area contributed by atoms with Crippen molar-refractivity contribution in [2.75, 3.05) is 26.8 Å². The summed E-state index contributed by atoms with van der Waals surface area (Å²) in [6, 6.07) is 8.13. The van der Waals surface area contributed by atoms with Crippen LogP contribution in [0.4, 0.5) is 0 Å². The van der Waals surface area contributed by atoms with E-state index in [1.807, 2.05) is 36.9 Å². The topological polar surface area (TPSA) is 38.8 Å². The van der Waals surface area contributed by atoms with Gasteiger partial charge in [0.05, 0.1) is 12.7 Å². The molecule has 0 radical (unpaired) electrons. The summed E-state index contributed by atoms with van der Waals surface area (Å²) in [5, 5.41) is 0. The van der Waals surface area contributed by atoms with E-state index in [-0.39, 0.29) is 12.0 Å². The molecule has 1 aliphatic rings. The van der Waals surface area contributed by atoms with Gasteiger partial charge in [-0.1, -0.05) is 18.2 Å². The zero-order valence-corrected chi connectivity index (χ0v) is 13.2. The van der Waals surface area contributed by atoms with Gasteiger partial charge in [-0.05, 0) is 37.8 Å². The highest BCUT2D eigenvalue weighted by Crippen LogP contribution is 2.27. The predicted octanol–water partition coefficient (Wildman–Crippen LogP) is 2.51. The fourth-order valence-corrected chi connectivity index (χ4v) is 2.76. The number of carbonyl (C=O) groups excluding carboxylic acids is 1. The molecule has 1 amide bonds. The molecule has 1 heterocycles. The maximum atomic E-state index is 12.0. The van der Waals surface area contributed by atoms with Gasteiger partial charge >= 0.3 is 0 Å². The van der Waals surface area contributed by atoms with Gasteiger partial charge in [0, 0.05) is 26.6 Å². The van der Waals surface area contributed by atoms with Gasteiger partial charge in [-0.2, -0.15) is 0 Å². The van der Waals surface area contributed by atoms with Gasteiger partial charge in [0.15, 0.2) is 0 Å². The number of nitrogens with zero attached hydrogens (tertiary/aromatic N) is 1. The third-order valence-corrected chi connectivity index (χ3v) is 3.70. The summed E-state index contributed by atoms with van der Waals surface area (Å²) in [4.78, 5) is 13.9. The summed E-state index contributed by atoms with van der Waals surface area (Å²) >= 11 is 0. The third kappa shape index (κ3) is 4.46. The Morgan fingerprint density at radius 2 is 2.10 bits per heavy atom. The normalized spacial score (nSPS) is 18.6. The van der Waals surface area contributed by atoms with Crippen molar-refractivity contribution in [2.24, 2.45) is 5.92 Å². The zero-order chi connectivity index (χ0) is 15.2. The number of likely N-dealkylation sites (tertiary alicyclic amines) is 1. The SMILES string of the molecule is COCCN1CC(Cc2ccccc2OC(C)C)CC1=O. The van der Waals surface area contributed by atoms with Crippen molar-refractivity contribution in [1.29, 1.82) is 0 Å². The molecule has 1 aliphatic heterocycles. The monoisotopic (exact) mass is 291 g/mol. The van der Waals surface area contributed by atoms with Crippen molar-refractivity contribution in [3.05, 3.63) is 29.8 Å². The number of hydrogen-bond donors (Lipinski definition) is 0. The van der Waals surface area contributed by atoms with E-state index in [9.17, 15) is 4.79 Å². The molecule has 1 saturated heterocycles. The predicted molar refractivity (Wildman–Crippen MR) is 82.5 cm³/mol. The minimum Gasteiger partial charge on any atom is -0.491 e. The number of carbonyl (C=O) groups is 1. The molecule has 1 unspecified atom stereocenters. The molecule has 1 fully saturated rings. The fourth-order valence-electron chi connectivity index (χ4n) is 2.76. The Labute approximate surface area is 127 Å². The minimum atomic E-state index is 0.162. The first-order valence-corrected chi connectivity index (χ1v) is 7.61. The molecule has 116 valence electrons. The van der Waals surface area contributed by atoms with E-state index < -0.39 is 0 Å². The van der Waals surface area contributed by atoms with Crippen LogP contribution in [0.3, 0.4) is 0 Å². The quantitative estimate of drug-likeness (QED) is 0.775. The molecule has 0 N–H and O–H groups in total. The smallest absolute Gasteiger partial charge is 0.223 e. The van der Waals surface area contributed by atoms with E-state index in [0.29, 0.717) is 25.5 Å². The van der Waals surface area contributed by atoms with Crippen LogP contribution in [-0.4, -0.2) is 43.7 Å². The lowest BCUT2D eigenvalue weighted by Crippen LogP contribution is -2.28. The van der Waals surface area contributed by atoms with Crippen LogP contribution in [0.25, 0.3) is 0 Å². The Balaban J connectivity index is 1.98. The third-order valence-electron chi connectivity index (χ3n) is 3.70. The molecule has 2 rings (SSSR count). The molecular formula is C17H25NO3. The van der Waals surface area contributed by atoms with Crippen molar-refractivity contribution in [3.8, 4) is 5.75 Å². The van der Waals surface area contributed by atoms with Gasteiger partial charge in [-0.15, -0.1) is 0 Å². The number of hydrogen-bond acceptors (Lipinski definition) is 3. The first-order valence-electron chi connectivity index (χ1n) is 7.61. The van der Waals surface area contributed by atoms with Crippen LogP contribution < -0.4 is 4.74 Å². The number of methoxy groups -OCH3 is 1. The Bertz CT molecular complexity index is 473. The van der Waals surface area contributed by atoms with Gasteiger partial charge in [-0.3, -0.25) is 4.79 Å². The summed E-state index contributed by atoms with van der Waals surface area (Å²) in [7, 11) is 1.66. The van der Waals surface area contributed by atoms with Crippen molar-refractivity contribution >= 4 is 5.91 Å². The average Bonchev–Trinajstić information content (AvgIpc) is 2.78. The number of benzene rings is 1. The average molecular weight is 291 g/mol. The number of amides is 1. The Hall–Kier alpha value is -1.55. The Morgan fingerprint density at radius 3 is 2.81 bits per heavy atom. The molecule has 4 heteroatoms. The Morgan fingerprint density at radius 1 is 1.33 bits per heavy atom. The molecule has 0 spiro atoms. The number of ether oxygens (including phenoxy) is 2. The van der Waals surface area contributed by atoms with Gasteiger partial charge in [0.1, 0.15) is 5.75 Å². The molecular weight excluding hydrogens is 266 g/mol. The van der Waals surface area contributed by atoms with E-state index in [1.54, 1.807) is 7.11 Å². The van der Waals surface area contributed by atoms with E-state index in [0.717, 1.165) is 18.7 Å². The van der Waals surface area contributed by atoms with Crippen LogP contribution in [0.15, 0.2) is 24.3 Å². The molecule has 4 nitrogen and oxygen atoms in total. The van der Waals surface area contributed by atoms with Crippen LogP contribution >= 0.6 is 0 Å². The van der Waals surface area contributed by atoms with Gasteiger partial charge in [0.25, 0.3) is 0 Å². The largest absolute Gasteiger partial charge is 0.491 e. The molecule has 1 atom stereocenters. The first kappa shape index (κ1) is 15.8. The second kappa shape index (κ2) is 7.46. The lowest BCUT2D eigenvalue weighted by molar-refractivity contribution is -0.128. The highest BCUT2D eigenvalue weighted by Gasteiger charge is 2.29. The molecule has 1 aromatic carbocycles. The summed E-state index contributed by atoms with van der Waals surface area (Å²) in [6.07, 6.45) is 1.67. The summed E-state index contributed by atoms with van der Waals surface area (Å²) in [5.41, 5.74) is 1.19. The molecule has 0 bridgehead atoms. The highest BCUT2D eigenvalue weighted by molar-refractivity contribution is 5.78. The van der Waals surface area contributed by atoms with Gasteiger partial charge in [0.2, 0.25) is 5.91 Å². The number of para-hydroxylation sites is 1. The van der Waals surface area contributed by atoms with Crippen LogP contribution in [0.5, 0.6) is 5.75 Å². The lowest BCUT2D eigenvalue weighted by atomic mass is 9.98. The van der Waals surface area contributed by atoms with Crippen LogP contribution in [-0.2, 0) is 16.0 Å². The summed E-state index contributed by atoms with van der Waals surface area (Å²) < 4.78 is 10.9. The van der Waals surface area contributed by atoms with Crippen molar-refractivity contribution in [3.63, 3.8) is 0 Å². The van der Waals surface area contributed by atoms with Crippen molar-refractivity contribution in [2.45, 2.75) is 32.8 Å². The maximum Gasteiger partial charge on any atom is 0.223 e. The van der Waals surface area contributed by atoms with Crippen LogP contribution in [0, 0.1) is 5.92 Å². The second-order valence-electron chi connectivity index (χ2n) is 5.88. The van der Waals surface area contributed by atoms with Crippen LogP contribution in [0.1, 0.15) is 25.8 Å². The molecule has 0 aliphatic carbocycles. The lowest BCUT2D eigenvalue weighted by Gasteiger charge is -2.18. The van der Waals surface area contributed by atoms with E-state index in [1.165, 1.54) is 5.56 Å². The fraction of sp³-hybridized carbons (Fsp3) is 0.588. The highest BCUT2D eigenvalue weighted by atomic mass is 16.5. The molecule has 21 heavy (non-hydrogen) atoms. The van der Waals surface area contributed by atoms with E-state index in [4.69, 9.17) is 9.47 Å². The maximum absolute atomic E-state index is 12.0. The number of rotatable bonds is 7. The second-order valence-corrected chi connectivity index (χ2v) is 5.88. The van der Waals surface area contributed by atoms with E-state index in [2.05, 4.69) is 6.07 Å². The molecule has 0 saturated carbocycles. The zero-order valence-electron chi connectivity index (χ0n) is 13.2. The van der Waals surface area contributed by atoms with Crippen LogP contribution in [0.2, 0.25) is 0 Å². The minimum absolute atomic E-state index is 0.162. The molecule has 1 aromatic rings. The van der Waals surface area contributed by atoms with E-state index >= 15 is 0 Å². The van der Waals surface area contributed by atoms with Crippen molar-refractivity contribution < 1.29 is 14.3 Å². The summed E-state index contributed by atoms with van der Waals surface area (Å²) in [5.74, 6) is 1.54. The summed E-state index contributed by atoms with van der Waals surface area (Å²) in [6.45, 7) is 6.17. The Kier molecular flexibility index (Phi) is 5.62. The van der Waals surface area contributed by atoms with Gasteiger partial charge in [-0.25, -0.2) is 0 Å². The first-order chi connectivity index (χ1) is 10.1. The van der Waals surface area contributed by atoms with Crippen molar-refractivity contribution in [1.82, 2.24) is 4.90 Å².